The van der Waals surface area contributed by atoms with Gasteiger partial charge in [0, 0.05) is 19.2 Å². The number of rotatable bonds is 3. The fourth-order valence-electron chi connectivity index (χ4n) is 2.15. The van der Waals surface area contributed by atoms with E-state index >= 15 is 0 Å². The highest BCUT2D eigenvalue weighted by Crippen LogP contribution is 2.27. The molecule has 1 heterocycles. The molecule has 2 N–H and O–H groups in total. The molecule has 0 atom stereocenters. The highest BCUT2D eigenvalue weighted by atomic mass is 15.3. The fourth-order valence-corrected chi connectivity index (χ4v) is 2.15. The topological polar surface area (TPSA) is 43.8 Å². The van der Waals surface area contributed by atoms with Crippen molar-refractivity contribution in [2.24, 2.45) is 12.8 Å². The molecule has 0 radical (unpaired) electrons. The Morgan fingerprint density at radius 2 is 2.00 bits per heavy atom. The van der Waals surface area contributed by atoms with Crippen molar-refractivity contribution in [3.63, 3.8) is 0 Å². The predicted molar refractivity (Wildman–Crippen MR) is 75.4 cm³/mol. The Kier molecular flexibility index (Phi) is 3.53. The molecule has 0 aliphatic carbocycles. The summed E-state index contributed by atoms with van der Waals surface area (Å²) in [5.74, 6) is 0.534. The SMILES string of the molecule is Cc1ccc(C(C)C)cc1-c1cc(CN)nn1C. The van der Waals surface area contributed by atoms with Crippen LogP contribution in [0.1, 0.15) is 36.6 Å². The maximum Gasteiger partial charge on any atom is 0.0766 e. The summed E-state index contributed by atoms with van der Waals surface area (Å²) in [4.78, 5) is 0. The number of aromatic nitrogens is 2. The normalized spacial score (nSPS) is 11.2. The monoisotopic (exact) mass is 243 g/mol. The van der Waals surface area contributed by atoms with Gasteiger partial charge in [-0.3, -0.25) is 4.68 Å². The molecule has 18 heavy (non-hydrogen) atoms. The van der Waals surface area contributed by atoms with Crippen molar-refractivity contribution in [3.8, 4) is 11.3 Å². The molecule has 96 valence electrons. The first-order valence-electron chi connectivity index (χ1n) is 6.36. The zero-order valence-corrected chi connectivity index (χ0v) is 11.6. The number of aryl methyl sites for hydroxylation is 2. The van der Waals surface area contributed by atoms with Gasteiger partial charge in [0.2, 0.25) is 0 Å². The Balaban J connectivity index is 2.54. The first-order chi connectivity index (χ1) is 8.52. The second-order valence-corrected chi connectivity index (χ2v) is 5.08. The fraction of sp³-hybridized carbons (Fsp3) is 0.400. The van der Waals surface area contributed by atoms with E-state index in [0.29, 0.717) is 12.5 Å². The van der Waals surface area contributed by atoms with Crippen molar-refractivity contribution >= 4 is 0 Å². The van der Waals surface area contributed by atoms with E-state index in [9.17, 15) is 0 Å². The molecule has 3 nitrogen and oxygen atoms in total. The summed E-state index contributed by atoms with van der Waals surface area (Å²) in [6.07, 6.45) is 0. The highest BCUT2D eigenvalue weighted by molar-refractivity contribution is 5.65. The minimum Gasteiger partial charge on any atom is -0.325 e. The Morgan fingerprint density at radius 1 is 1.28 bits per heavy atom. The zero-order valence-electron chi connectivity index (χ0n) is 11.6. The molecular weight excluding hydrogens is 222 g/mol. The van der Waals surface area contributed by atoms with Crippen LogP contribution >= 0.6 is 0 Å². The Morgan fingerprint density at radius 3 is 2.56 bits per heavy atom. The lowest BCUT2D eigenvalue weighted by Gasteiger charge is -2.11. The van der Waals surface area contributed by atoms with Gasteiger partial charge >= 0.3 is 0 Å². The number of benzene rings is 1. The molecule has 2 aromatic rings. The summed E-state index contributed by atoms with van der Waals surface area (Å²) in [5, 5.41) is 4.41. The molecular formula is C15H21N3. The van der Waals surface area contributed by atoms with E-state index in [4.69, 9.17) is 5.73 Å². The molecule has 0 amide bonds. The van der Waals surface area contributed by atoms with Gasteiger partial charge in [-0.05, 0) is 36.1 Å². The molecule has 0 unspecified atom stereocenters. The Bertz CT molecular complexity index is 553. The maximum atomic E-state index is 5.65. The number of nitrogens with two attached hydrogens (primary N) is 1. The molecule has 0 saturated carbocycles. The van der Waals surface area contributed by atoms with Crippen LogP contribution in [-0.4, -0.2) is 9.78 Å². The van der Waals surface area contributed by atoms with E-state index in [1.54, 1.807) is 0 Å². The van der Waals surface area contributed by atoms with Gasteiger partial charge < -0.3 is 5.73 Å². The van der Waals surface area contributed by atoms with Crippen LogP contribution in [0, 0.1) is 6.92 Å². The quantitative estimate of drug-likeness (QED) is 0.900. The summed E-state index contributed by atoms with van der Waals surface area (Å²) in [5.41, 5.74) is 11.6. The average molecular weight is 243 g/mol. The molecule has 1 aromatic carbocycles. The summed E-state index contributed by atoms with van der Waals surface area (Å²) >= 11 is 0. The van der Waals surface area contributed by atoms with E-state index in [2.05, 4.69) is 50.1 Å². The van der Waals surface area contributed by atoms with Gasteiger partial charge in [0.15, 0.2) is 0 Å². The standard InChI is InChI=1S/C15H21N3/c1-10(2)12-6-5-11(3)14(7-12)15-8-13(9-16)17-18(15)4/h5-8,10H,9,16H2,1-4H3. The Hall–Kier alpha value is -1.61. The lowest BCUT2D eigenvalue weighted by Crippen LogP contribution is -1.99. The van der Waals surface area contributed by atoms with Crippen molar-refractivity contribution in [2.75, 3.05) is 0 Å². The van der Waals surface area contributed by atoms with Crippen LogP contribution in [0.5, 0.6) is 0 Å². The molecule has 0 aliphatic rings. The average Bonchev–Trinajstić information content (AvgIpc) is 2.71. The van der Waals surface area contributed by atoms with E-state index < -0.39 is 0 Å². The minimum absolute atomic E-state index is 0.483. The van der Waals surface area contributed by atoms with Crippen LogP contribution in [0.15, 0.2) is 24.3 Å². The minimum atomic E-state index is 0.483. The summed E-state index contributed by atoms with van der Waals surface area (Å²) in [6.45, 7) is 7.04. The van der Waals surface area contributed by atoms with Crippen LogP contribution in [0.2, 0.25) is 0 Å². The van der Waals surface area contributed by atoms with Crippen molar-refractivity contribution in [1.82, 2.24) is 9.78 Å². The van der Waals surface area contributed by atoms with Crippen molar-refractivity contribution in [1.29, 1.82) is 0 Å². The second-order valence-electron chi connectivity index (χ2n) is 5.08. The van der Waals surface area contributed by atoms with E-state index in [-0.39, 0.29) is 0 Å². The Labute approximate surface area is 109 Å². The van der Waals surface area contributed by atoms with E-state index in [0.717, 1.165) is 11.4 Å². The molecule has 0 saturated heterocycles. The van der Waals surface area contributed by atoms with E-state index in [1.165, 1.54) is 16.7 Å². The highest BCUT2D eigenvalue weighted by Gasteiger charge is 2.11. The van der Waals surface area contributed by atoms with Gasteiger partial charge in [0.25, 0.3) is 0 Å². The molecule has 1 aromatic heterocycles. The molecule has 3 heteroatoms. The predicted octanol–water partition coefficient (Wildman–Crippen LogP) is 2.98. The van der Waals surface area contributed by atoms with Crippen LogP contribution in [0.4, 0.5) is 0 Å². The summed E-state index contributed by atoms with van der Waals surface area (Å²) in [6, 6.07) is 8.72. The van der Waals surface area contributed by atoms with Gasteiger partial charge in [-0.2, -0.15) is 5.10 Å². The number of nitrogens with zero attached hydrogens (tertiary/aromatic N) is 2. The largest absolute Gasteiger partial charge is 0.325 e. The molecule has 0 aliphatic heterocycles. The summed E-state index contributed by atoms with van der Waals surface area (Å²) in [7, 11) is 1.97. The van der Waals surface area contributed by atoms with Crippen LogP contribution in [0.25, 0.3) is 11.3 Å². The molecule has 0 bridgehead atoms. The van der Waals surface area contributed by atoms with Gasteiger partial charge in [-0.1, -0.05) is 26.0 Å². The molecule has 2 rings (SSSR count). The lowest BCUT2D eigenvalue weighted by atomic mass is 9.96. The van der Waals surface area contributed by atoms with Crippen LogP contribution in [-0.2, 0) is 13.6 Å². The van der Waals surface area contributed by atoms with Gasteiger partial charge in [0.1, 0.15) is 0 Å². The van der Waals surface area contributed by atoms with Crippen molar-refractivity contribution in [3.05, 3.63) is 41.1 Å². The molecule has 0 fully saturated rings. The van der Waals surface area contributed by atoms with E-state index in [1.807, 2.05) is 11.7 Å². The van der Waals surface area contributed by atoms with Crippen LogP contribution in [0.3, 0.4) is 0 Å². The van der Waals surface area contributed by atoms with Gasteiger partial charge in [-0.15, -0.1) is 0 Å². The summed E-state index contributed by atoms with van der Waals surface area (Å²) < 4.78 is 1.91. The third-order valence-electron chi connectivity index (χ3n) is 3.34. The number of hydrogen-bond donors (Lipinski definition) is 1. The second kappa shape index (κ2) is 4.94. The molecule has 0 spiro atoms. The van der Waals surface area contributed by atoms with Crippen LogP contribution < -0.4 is 5.73 Å². The zero-order chi connectivity index (χ0) is 13.3. The third-order valence-corrected chi connectivity index (χ3v) is 3.34. The number of hydrogen-bond acceptors (Lipinski definition) is 2. The van der Waals surface area contributed by atoms with Crippen molar-refractivity contribution < 1.29 is 0 Å². The van der Waals surface area contributed by atoms with Gasteiger partial charge in [-0.25, -0.2) is 0 Å². The van der Waals surface area contributed by atoms with Crippen molar-refractivity contribution in [2.45, 2.75) is 33.2 Å². The first-order valence-corrected chi connectivity index (χ1v) is 6.36. The third kappa shape index (κ3) is 2.31. The van der Waals surface area contributed by atoms with Gasteiger partial charge in [0.05, 0.1) is 11.4 Å². The maximum absolute atomic E-state index is 5.65. The smallest absolute Gasteiger partial charge is 0.0766 e. The first kappa shape index (κ1) is 12.8. The lowest BCUT2D eigenvalue weighted by molar-refractivity contribution is 0.748.